The van der Waals surface area contributed by atoms with Crippen molar-refractivity contribution in [2.45, 2.75) is 38.6 Å². The molecule has 0 saturated carbocycles. The van der Waals surface area contributed by atoms with E-state index in [1.165, 1.54) is 0 Å². The molecule has 2 fully saturated rings. The molecule has 2 aliphatic rings. The van der Waals surface area contributed by atoms with Crippen molar-refractivity contribution in [2.24, 2.45) is 5.18 Å². The molecular weight excluding hydrogens is 195 g/mol. The van der Waals surface area contributed by atoms with Gasteiger partial charge in [-0.15, -0.1) is 0 Å². The largest absolute Gasteiger partial charge is 0.291 e. The third-order valence-electron chi connectivity index (χ3n) is 3.20. The normalized spacial score (nSPS) is 32.3. The summed E-state index contributed by atoms with van der Waals surface area (Å²) in [7, 11) is 0. The van der Waals surface area contributed by atoms with E-state index in [4.69, 9.17) is 0 Å². The fourth-order valence-electron chi connectivity index (χ4n) is 2.59. The molecule has 4 heteroatoms. The third kappa shape index (κ3) is 2.25. The number of rotatable bonds is 2. The molecule has 2 aliphatic heterocycles. The summed E-state index contributed by atoms with van der Waals surface area (Å²) < 4.78 is 12.3. The van der Waals surface area contributed by atoms with E-state index in [2.05, 4.69) is 10.1 Å². The van der Waals surface area contributed by atoms with Crippen LogP contribution in [0.25, 0.3) is 0 Å². The smallest absolute Gasteiger partial charge is 0.0998 e. The Morgan fingerprint density at radius 2 is 2.33 bits per heavy atom. The minimum atomic E-state index is -0.125. The van der Waals surface area contributed by atoms with Gasteiger partial charge in [0.2, 0.25) is 0 Å². The van der Waals surface area contributed by atoms with Gasteiger partial charge in [-0.05, 0) is 31.4 Å². The first-order valence-electron chi connectivity index (χ1n) is 5.63. The molecule has 2 heterocycles. The molecule has 0 aromatic heterocycles. The van der Waals surface area contributed by atoms with Crippen LogP contribution in [0.5, 0.6) is 0 Å². The van der Waals surface area contributed by atoms with Crippen LogP contribution in [0, 0.1) is 4.91 Å². The van der Waals surface area contributed by atoms with Gasteiger partial charge in [-0.1, -0.05) is 19.0 Å². The summed E-state index contributed by atoms with van der Waals surface area (Å²) in [6, 6.07) is 0. The van der Waals surface area contributed by atoms with Crippen LogP contribution in [0.3, 0.4) is 0 Å². The highest BCUT2D eigenvalue weighted by molar-refractivity contribution is 5.19. The average molecular weight is 214 g/mol. The van der Waals surface area contributed by atoms with Gasteiger partial charge in [0.05, 0.1) is 12.9 Å². The van der Waals surface area contributed by atoms with E-state index in [-0.39, 0.29) is 5.54 Å². The van der Waals surface area contributed by atoms with Gasteiger partial charge < -0.3 is 0 Å². The third-order valence-corrected chi connectivity index (χ3v) is 3.20. The van der Waals surface area contributed by atoms with Crippen molar-refractivity contribution in [1.82, 2.24) is 4.90 Å². The van der Waals surface area contributed by atoms with Crippen LogP contribution < -0.4 is 0 Å². The maximum Gasteiger partial charge on any atom is 0.0998 e. The van der Waals surface area contributed by atoms with Gasteiger partial charge in [-0.2, -0.15) is 4.91 Å². The van der Waals surface area contributed by atoms with E-state index < -0.39 is 0 Å². The van der Waals surface area contributed by atoms with Crippen LogP contribution in [0.2, 0.25) is 0 Å². The standard InChI is InChI=1S/C9H13FN2O.C2H6/c10-5-8-4-9(7-11-13)2-1-3-12(9)6-8;1-2/h5H,1-4,6-7H2;1-2H3/b8-5+;. The Morgan fingerprint density at radius 1 is 1.60 bits per heavy atom. The average Bonchev–Trinajstić information content (AvgIpc) is 2.77. The molecule has 0 spiro atoms. The van der Waals surface area contributed by atoms with E-state index in [1.54, 1.807) is 0 Å². The summed E-state index contributed by atoms with van der Waals surface area (Å²) in [5.74, 6) is 0. The Hall–Kier alpha value is -0.770. The Kier molecular flexibility index (Phi) is 4.39. The summed E-state index contributed by atoms with van der Waals surface area (Å²) in [5, 5.41) is 2.98. The molecule has 0 N–H and O–H groups in total. The lowest BCUT2D eigenvalue weighted by atomic mass is 9.93. The molecule has 3 nitrogen and oxygen atoms in total. The minimum absolute atomic E-state index is 0.125. The molecule has 86 valence electrons. The van der Waals surface area contributed by atoms with Gasteiger partial charge >= 0.3 is 0 Å². The van der Waals surface area contributed by atoms with Gasteiger partial charge in [-0.25, -0.2) is 4.39 Å². The first-order valence-corrected chi connectivity index (χ1v) is 5.63. The molecule has 0 aromatic rings. The van der Waals surface area contributed by atoms with Crippen molar-refractivity contribution < 1.29 is 4.39 Å². The van der Waals surface area contributed by atoms with Crippen LogP contribution in [0.4, 0.5) is 4.39 Å². The summed E-state index contributed by atoms with van der Waals surface area (Å²) in [6.45, 7) is 5.98. The topological polar surface area (TPSA) is 32.7 Å². The first kappa shape index (κ1) is 12.3. The van der Waals surface area contributed by atoms with E-state index in [1.807, 2.05) is 13.8 Å². The van der Waals surface area contributed by atoms with E-state index in [0.717, 1.165) is 25.0 Å². The number of halogens is 1. The molecule has 1 atom stereocenters. The maximum atomic E-state index is 12.3. The van der Waals surface area contributed by atoms with Crippen molar-refractivity contribution in [1.29, 1.82) is 0 Å². The molecule has 2 rings (SSSR count). The highest BCUT2D eigenvalue weighted by atomic mass is 19.1. The van der Waals surface area contributed by atoms with Gasteiger partial charge in [-0.3, -0.25) is 4.90 Å². The van der Waals surface area contributed by atoms with Crippen molar-refractivity contribution in [3.05, 3.63) is 16.8 Å². The van der Waals surface area contributed by atoms with E-state index in [9.17, 15) is 9.30 Å². The number of nitroso groups, excluding NO2 is 1. The minimum Gasteiger partial charge on any atom is -0.291 e. The lowest BCUT2D eigenvalue weighted by Crippen LogP contribution is -2.40. The molecule has 0 amide bonds. The van der Waals surface area contributed by atoms with Gasteiger partial charge in [0.1, 0.15) is 0 Å². The number of hydrogen-bond acceptors (Lipinski definition) is 3. The number of nitrogens with zero attached hydrogens (tertiary/aromatic N) is 2. The summed E-state index contributed by atoms with van der Waals surface area (Å²) in [6.07, 6.45) is 3.46. The zero-order valence-electron chi connectivity index (χ0n) is 9.50. The zero-order valence-corrected chi connectivity index (χ0v) is 9.50. The van der Waals surface area contributed by atoms with Crippen molar-refractivity contribution in [3.63, 3.8) is 0 Å². The Labute approximate surface area is 90.3 Å². The SMILES string of the molecule is CC.O=NCC12CCCN1C/C(=C/F)C2. The molecule has 0 bridgehead atoms. The van der Waals surface area contributed by atoms with Gasteiger partial charge in [0, 0.05) is 12.1 Å². The molecule has 2 saturated heterocycles. The van der Waals surface area contributed by atoms with Crippen molar-refractivity contribution in [2.75, 3.05) is 19.6 Å². The summed E-state index contributed by atoms with van der Waals surface area (Å²) in [5.41, 5.74) is 0.683. The molecule has 0 radical (unpaired) electrons. The van der Waals surface area contributed by atoms with Crippen LogP contribution in [-0.2, 0) is 0 Å². The zero-order chi connectivity index (χ0) is 11.3. The van der Waals surface area contributed by atoms with Crippen LogP contribution in [0.15, 0.2) is 17.1 Å². The highest BCUT2D eigenvalue weighted by Gasteiger charge is 2.46. The van der Waals surface area contributed by atoms with Gasteiger partial charge in [0.25, 0.3) is 0 Å². The second kappa shape index (κ2) is 5.35. The molecule has 0 aliphatic carbocycles. The fraction of sp³-hybridized carbons (Fsp3) is 0.818. The summed E-state index contributed by atoms with van der Waals surface area (Å²) in [4.78, 5) is 12.5. The highest BCUT2D eigenvalue weighted by Crippen LogP contribution is 2.41. The monoisotopic (exact) mass is 214 g/mol. The Balaban J connectivity index is 0.000000531. The van der Waals surface area contributed by atoms with Gasteiger partial charge in [0.15, 0.2) is 0 Å². The molecular formula is C11H19FN2O. The molecule has 1 unspecified atom stereocenters. The first-order chi connectivity index (χ1) is 7.30. The second-order valence-electron chi connectivity index (χ2n) is 3.98. The van der Waals surface area contributed by atoms with Crippen molar-refractivity contribution >= 4 is 0 Å². The van der Waals surface area contributed by atoms with E-state index >= 15 is 0 Å². The Morgan fingerprint density at radius 3 is 2.93 bits per heavy atom. The van der Waals surface area contributed by atoms with Crippen LogP contribution in [0.1, 0.15) is 33.1 Å². The predicted molar refractivity (Wildman–Crippen MR) is 59.4 cm³/mol. The lowest BCUT2D eigenvalue weighted by Gasteiger charge is -2.28. The quantitative estimate of drug-likeness (QED) is 0.662. The number of fused-ring (bicyclic) bond motifs is 1. The molecule has 15 heavy (non-hydrogen) atoms. The Bertz CT molecular complexity index is 255. The molecule has 0 aromatic carbocycles. The van der Waals surface area contributed by atoms with Crippen LogP contribution in [-0.4, -0.2) is 30.1 Å². The fourth-order valence-corrected chi connectivity index (χ4v) is 2.59. The lowest BCUT2D eigenvalue weighted by molar-refractivity contribution is 0.204. The second-order valence-corrected chi connectivity index (χ2v) is 3.98. The van der Waals surface area contributed by atoms with E-state index in [0.29, 0.717) is 25.8 Å². The maximum absolute atomic E-state index is 12.3. The summed E-state index contributed by atoms with van der Waals surface area (Å²) >= 11 is 0. The van der Waals surface area contributed by atoms with Crippen LogP contribution >= 0.6 is 0 Å². The predicted octanol–water partition coefficient (Wildman–Crippen LogP) is 2.87. The van der Waals surface area contributed by atoms with Crippen molar-refractivity contribution in [3.8, 4) is 0 Å². The number of hydrogen-bond donors (Lipinski definition) is 0.